The molecule has 82 valence electrons. The quantitative estimate of drug-likeness (QED) is 0.762. The van der Waals surface area contributed by atoms with Crippen LogP contribution in [0.25, 0.3) is 0 Å². The number of carbonyl (C=O) groups excluding carboxylic acids is 1. The lowest BCUT2D eigenvalue weighted by molar-refractivity contribution is -0.142. The van der Waals surface area contributed by atoms with E-state index in [4.69, 9.17) is 5.73 Å². The molecule has 1 rings (SSSR count). The van der Waals surface area contributed by atoms with Gasteiger partial charge in [0, 0.05) is 12.1 Å². The van der Waals surface area contributed by atoms with Crippen LogP contribution in [0.1, 0.15) is 11.6 Å². The van der Waals surface area contributed by atoms with Gasteiger partial charge in [-0.05, 0) is 0 Å². The molecule has 1 atom stereocenters. The van der Waals surface area contributed by atoms with Gasteiger partial charge in [-0.2, -0.15) is 0 Å². The fraction of sp³-hybridized carbons (Fsp3) is 0.222. The van der Waals surface area contributed by atoms with Gasteiger partial charge in [-0.25, -0.2) is 13.2 Å². The third-order valence-corrected chi connectivity index (χ3v) is 1.81. The zero-order valence-corrected chi connectivity index (χ0v) is 7.76. The summed E-state index contributed by atoms with van der Waals surface area (Å²) >= 11 is 0. The van der Waals surface area contributed by atoms with Crippen molar-refractivity contribution in [2.45, 2.75) is 6.04 Å². The molecule has 0 amide bonds. The summed E-state index contributed by atoms with van der Waals surface area (Å²) in [5.41, 5.74) is 4.52. The van der Waals surface area contributed by atoms with E-state index in [1.54, 1.807) is 0 Å². The molecule has 0 saturated heterocycles. The van der Waals surface area contributed by atoms with Crippen LogP contribution in [0.5, 0.6) is 0 Å². The molecule has 0 bridgehead atoms. The number of nitrogens with two attached hydrogens (primary N) is 1. The number of carbonyl (C=O) groups is 1. The molecule has 1 aromatic rings. The van der Waals surface area contributed by atoms with E-state index in [0.29, 0.717) is 12.1 Å². The second-order valence-electron chi connectivity index (χ2n) is 2.78. The van der Waals surface area contributed by atoms with Crippen LogP contribution in [0.3, 0.4) is 0 Å². The minimum absolute atomic E-state index is 0.446. The summed E-state index contributed by atoms with van der Waals surface area (Å²) in [5.74, 6) is -4.51. The third kappa shape index (κ3) is 2.27. The van der Waals surface area contributed by atoms with Gasteiger partial charge in [0.1, 0.15) is 23.5 Å². The van der Waals surface area contributed by atoms with Crippen molar-refractivity contribution in [1.82, 2.24) is 0 Å². The molecular formula is C9H8F3NO2. The van der Waals surface area contributed by atoms with E-state index in [-0.39, 0.29) is 0 Å². The minimum atomic E-state index is -1.60. The van der Waals surface area contributed by atoms with Crippen molar-refractivity contribution in [2.24, 2.45) is 5.73 Å². The van der Waals surface area contributed by atoms with Gasteiger partial charge >= 0.3 is 5.97 Å². The normalized spacial score (nSPS) is 12.3. The Balaban J connectivity index is 3.19. The van der Waals surface area contributed by atoms with Crippen LogP contribution in [-0.2, 0) is 9.53 Å². The summed E-state index contributed by atoms with van der Waals surface area (Å²) in [4.78, 5) is 10.9. The lowest BCUT2D eigenvalue weighted by atomic mass is 10.1. The summed E-state index contributed by atoms with van der Waals surface area (Å²) in [7, 11) is 1.03. The number of rotatable bonds is 2. The predicted molar refractivity (Wildman–Crippen MR) is 45.3 cm³/mol. The van der Waals surface area contributed by atoms with Crippen molar-refractivity contribution < 1.29 is 22.7 Å². The summed E-state index contributed by atoms with van der Waals surface area (Å²) in [5, 5.41) is 0. The largest absolute Gasteiger partial charge is 0.468 e. The van der Waals surface area contributed by atoms with Gasteiger partial charge in [-0.1, -0.05) is 0 Å². The topological polar surface area (TPSA) is 52.3 Å². The number of hydrogen-bond donors (Lipinski definition) is 1. The first-order valence-electron chi connectivity index (χ1n) is 3.95. The van der Waals surface area contributed by atoms with Crippen LogP contribution in [0.15, 0.2) is 12.1 Å². The smallest absolute Gasteiger partial charge is 0.327 e. The number of halogens is 3. The molecule has 0 heterocycles. The van der Waals surface area contributed by atoms with Crippen molar-refractivity contribution in [2.75, 3.05) is 7.11 Å². The number of hydrogen-bond acceptors (Lipinski definition) is 3. The highest BCUT2D eigenvalue weighted by Crippen LogP contribution is 2.21. The Morgan fingerprint density at radius 1 is 1.33 bits per heavy atom. The SMILES string of the molecule is COC(=O)[C@H](N)c1c(F)cc(F)cc1F. The van der Waals surface area contributed by atoms with Crippen LogP contribution in [-0.4, -0.2) is 13.1 Å². The van der Waals surface area contributed by atoms with E-state index in [9.17, 15) is 18.0 Å². The fourth-order valence-corrected chi connectivity index (χ4v) is 1.10. The maximum atomic E-state index is 13.1. The summed E-state index contributed by atoms with van der Waals surface area (Å²) in [6.45, 7) is 0. The van der Waals surface area contributed by atoms with Crippen molar-refractivity contribution in [3.05, 3.63) is 35.1 Å². The first-order valence-corrected chi connectivity index (χ1v) is 3.95. The minimum Gasteiger partial charge on any atom is -0.468 e. The molecule has 0 aromatic heterocycles. The monoisotopic (exact) mass is 219 g/mol. The van der Waals surface area contributed by atoms with Crippen LogP contribution in [0.2, 0.25) is 0 Å². The van der Waals surface area contributed by atoms with Gasteiger partial charge in [-0.3, -0.25) is 4.79 Å². The second-order valence-corrected chi connectivity index (χ2v) is 2.78. The third-order valence-electron chi connectivity index (χ3n) is 1.81. The summed E-state index contributed by atoms with van der Waals surface area (Å²) in [6.07, 6.45) is 0. The maximum Gasteiger partial charge on any atom is 0.327 e. The molecule has 0 aliphatic rings. The van der Waals surface area contributed by atoms with E-state index < -0.39 is 35.0 Å². The lowest BCUT2D eigenvalue weighted by Crippen LogP contribution is -2.25. The molecular weight excluding hydrogens is 211 g/mol. The van der Waals surface area contributed by atoms with Crippen molar-refractivity contribution >= 4 is 5.97 Å². The van der Waals surface area contributed by atoms with Crippen LogP contribution in [0, 0.1) is 17.5 Å². The Kier molecular flexibility index (Phi) is 3.31. The molecule has 0 aliphatic heterocycles. The first-order chi connectivity index (χ1) is 6.97. The van der Waals surface area contributed by atoms with Crippen molar-refractivity contribution in [3.63, 3.8) is 0 Å². The molecule has 15 heavy (non-hydrogen) atoms. The zero-order chi connectivity index (χ0) is 11.6. The molecule has 3 nitrogen and oxygen atoms in total. The lowest BCUT2D eigenvalue weighted by Gasteiger charge is -2.11. The molecule has 0 unspecified atom stereocenters. The molecule has 0 spiro atoms. The standard InChI is InChI=1S/C9H8F3NO2/c1-15-9(14)8(13)7-5(11)2-4(10)3-6(7)12/h2-3,8H,13H2,1H3/t8-/m1/s1. The van der Waals surface area contributed by atoms with E-state index in [1.165, 1.54) is 0 Å². The van der Waals surface area contributed by atoms with Crippen LogP contribution < -0.4 is 5.73 Å². The van der Waals surface area contributed by atoms with Gasteiger partial charge < -0.3 is 10.5 Å². The van der Waals surface area contributed by atoms with E-state index in [1.807, 2.05) is 0 Å². The Labute approximate surface area is 83.6 Å². The van der Waals surface area contributed by atoms with Gasteiger partial charge in [0.2, 0.25) is 0 Å². The Bertz CT molecular complexity index is 372. The van der Waals surface area contributed by atoms with E-state index >= 15 is 0 Å². The number of methoxy groups -OCH3 is 1. The molecule has 0 saturated carbocycles. The van der Waals surface area contributed by atoms with Gasteiger partial charge in [-0.15, -0.1) is 0 Å². The predicted octanol–water partition coefficient (Wildman–Crippen LogP) is 1.28. The Morgan fingerprint density at radius 3 is 2.20 bits per heavy atom. The number of benzene rings is 1. The summed E-state index contributed by atoms with van der Waals surface area (Å²) in [6, 6.07) is -0.710. The van der Waals surface area contributed by atoms with Crippen molar-refractivity contribution in [3.8, 4) is 0 Å². The van der Waals surface area contributed by atoms with Gasteiger partial charge in [0.05, 0.1) is 12.7 Å². The number of ether oxygens (including phenoxy) is 1. The molecule has 2 N–H and O–H groups in total. The first kappa shape index (κ1) is 11.5. The molecule has 0 radical (unpaired) electrons. The second kappa shape index (κ2) is 4.31. The molecule has 1 aromatic carbocycles. The number of esters is 1. The average Bonchev–Trinajstić information content (AvgIpc) is 2.14. The highest BCUT2D eigenvalue weighted by atomic mass is 19.1. The fourth-order valence-electron chi connectivity index (χ4n) is 1.10. The zero-order valence-electron chi connectivity index (χ0n) is 7.76. The highest BCUT2D eigenvalue weighted by Gasteiger charge is 2.24. The van der Waals surface area contributed by atoms with E-state index in [2.05, 4.69) is 4.74 Å². The van der Waals surface area contributed by atoms with Crippen LogP contribution >= 0.6 is 0 Å². The highest BCUT2D eigenvalue weighted by molar-refractivity contribution is 5.77. The van der Waals surface area contributed by atoms with Gasteiger partial charge in [0.15, 0.2) is 0 Å². The van der Waals surface area contributed by atoms with Crippen LogP contribution in [0.4, 0.5) is 13.2 Å². The summed E-state index contributed by atoms with van der Waals surface area (Å²) < 4.78 is 42.9. The Hall–Kier alpha value is -1.56. The van der Waals surface area contributed by atoms with Crippen molar-refractivity contribution in [1.29, 1.82) is 0 Å². The molecule has 0 aliphatic carbocycles. The Morgan fingerprint density at radius 2 is 1.80 bits per heavy atom. The molecule has 6 heteroatoms. The average molecular weight is 219 g/mol. The molecule has 0 fully saturated rings. The maximum absolute atomic E-state index is 13.1. The van der Waals surface area contributed by atoms with E-state index in [0.717, 1.165) is 7.11 Å². The van der Waals surface area contributed by atoms with Gasteiger partial charge in [0.25, 0.3) is 0 Å².